The van der Waals surface area contributed by atoms with Gasteiger partial charge in [-0.25, -0.2) is 0 Å². The summed E-state index contributed by atoms with van der Waals surface area (Å²) in [5, 5.41) is 3.03. The van der Waals surface area contributed by atoms with Gasteiger partial charge < -0.3 is 15.1 Å². The average Bonchev–Trinajstić information content (AvgIpc) is 3.25. The first kappa shape index (κ1) is 19.9. The zero-order chi connectivity index (χ0) is 19.2. The lowest BCUT2D eigenvalue weighted by Gasteiger charge is -2.32. The van der Waals surface area contributed by atoms with Gasteiger partial charge in [0.1, 0.15) is 0 Å². The highest BCUT2D eigenvalue weighted by Gasteiger charge is 2.30. The molecule has 3 heterocycles. The van der Waals surface area contributed by atoms with Crippen molar-refractivity contribution in [1.29, 1.82) is 0 Å². The zero-order valence-electron chi connectivity index (χ0n) is 16.0. The van der Waals surface area contributed by atoms with Gasteiger partial charge in [0, 0.05) is 55.3 Å². The predicted octanol–water partition coefficient (Wildman–Crippen LogP) is 1.97. The smallest absolute Gasteiger partial charge is 0.224 e. The molecule has 1 atom stereocenters. The molecule has 2 saturated heterocycles. The second-order valence-corrected chi connectivity index (χ2v) is 8.84. The fraction of sp³-hybridized carbons (Fsp3) is 0.650. The Morgan fingerprint density at radius 1 is 1.19 bits per heavy atom. The molecule has 7 heteroatoms. The zero-order valence-corrected chi connectivity index (χ0v) is 16.9. The summed E-state index contributed by atoms with van der Waals surface area (Å²) in [6, 6.07) is 4.21. The van der Waals surface area contributed by atoms with Gasteiger partial charge in [-0.05, 0) is 44.7 Å². The van der Waals surface area contributed by atoms with Gasteiger partial charge in [-0.3, -0.25) is 14.4 Å². The predicted molar refractivity (Wildman–Crippen MR) is 106 cm³/mol. The van der Waals surface area contributed by atoms with Gasteiger partial charge >= 0.3 is 0 Å². The molecule has 27 heavy (non-hydrogen) atoms. The molecule has 2 fully saturated rings. The molecule has 0 bridgehead atoms. The Morgan fingerprint density at radius 2 is 1.96 bits per heavy atom. The molecule has 1 aromatic rings. The fourth-order valence-electron chi connectivity index (χ4n) is 3.81. The van der Waals surface area contributed by atoms with Gasteiger partial charge in [-0.1, -0.05) is 0 Å². The molecule has 0 saturated carbocycles. The van der Waals surface area contributed by atoms with E-state index in [4.69, 9.17) is 0 Å². The third-order valence-corrected chi connectivity index (χ3v) is 6.43. The first-order valence-electron chi connectivity index (χ1n) is 9.91. The SMILES string of the molecule is Cc1ccc(CCNC(=O)[C@H]2CCC(=O)N(CCCN3CCCC3=O)C2)s1. The number of nitrogens with one attached hydrogen (secondary N) is 1. The Kier molecular flexibility index (Phi) is 6.88. The van der Waals surface area contributed by atoms with Crippen LogP contribution >= 0.6 is 11.3 Å². The lowest BCUT2D eigenvalue weighted by molar-refractivity contribution is -0.138. The Labute approximate surface area is 164 Å². The number of piperidine rings is 1. The summed E-state index contributed by atoms with van der Waals surface area (Å²) in [5.41, 5.74) is 0. The van der Waals surface area contributed by atoms with Gasteiger partial charge in [0.05, 0.1) is 5.92 Å². The minimum absolute atomic E-state index is 0.0514. The van der Waals surface area contributed by atoms with Gasteiger partial charge in [0.2, 0.25) is 17.7 Å². The van der Waals surface area contributed by atoms with E-state index in [-0.39, 0.29) is 23.6 Å². The van der Waals surface area contributed by atoms with Gasteiger partial charge in [-0.2, -0.15) is 0 Å². The molecule has 3 amide bonds. The van der Waals surface area contributed by atoms with Crippen molar-refractivity contribution in [2.24, 2.45) is 5.92 Å². The molecule has 2 aliphatic heterocycles. The molecular weight excluding hydrogens is 362 g/mol. The van der Waals surface area contributed by atoms with Gasteiger partial charge in [-0.15, -0.1) is 11.3 Å². The first-order valence-corrected chi connectivity index (χ1v) is 10.7. The van der Waals surface area contributed by atoms with Crippen molar-refractivity contribution in [2.75, 3.05) is 32.7 Å². The maximum Gasteiger partial charge on any atom is 0.224 e. The number of hydrogen-bond donors (Lipinski definition) is 1. The second-order valence-electron chi connectivity index (χ2n) is 7.47. The highest BCUT2D eigenvalue weighted by atomic mass is 32.1. The third-order valence-electron chi connectivity index (χ3n) is 5.37. The monoisotopic (exact) mass is 391 g/mol. The van der Waals surface area contributed by atoms with Crippen molar-refractivity contribution in [3.8, 4) is 0 Å². The number of aryl methyl sites for hydroxylation is 1. The number of thiophene rings is 1. The lowest BCUT2D eigenvalue weighted by Crippen LogP contribution is -2.46. The standard InChI is InChI=1S/C20H29N3O3S/c1-15-5-7-17(27-15)9-10-21-20(26)16-6-8-19(25)23(14-16)13-3-12-22-11-2-4-18(22)24/h5,7,16H,2-4,6,8-14H2,1H3,(H,21,26)/t16-/m0/s1. The summed E-state index contributed by atoms with van der Waals surface area (Å²) in [7, 11) is 0. The fourth-order valence-corrected chi connectivity index (χ4v) is 4.70. The molecular formula is C20H29N3O3S. The summed E-state index contributed by atoms with van der Waals surface area (Å²) in [5.74, 6) is 0.274. The van der Waals surface area contributed by atoms with Crippen molar-refractivity contribution in [3.05, 3.63) is 21.9 Å². The molecule has 1 N–H and O–H groups in total. The van der Waals surface area contributed by atoms with Crippen LogP contribution in [0.25, 0.3) is 0 Å². The van der Waals surface area contributed by atoms with E-state index in [1.54, 1.807) is 16.2 Å². The van der Waals surface area contributed by atoms with E-state index in [0.29, 0.717) is 45.4 Å². The molecule has 3 rings (SSSR count). The van der Waals surface area contributed by atoms with Crippen LogP contribution in [0.1, 0.15) is 41.9 Å². The highest BCUT2D eigenvalue weighted by molar-refractivity contribution is 7.11. The minimum atomic E-state index is -0.124. The van der Waals surface area contributed by atoms with Crippen LogP contribution in [0.2, 0.25) is 0 Å². The number of likely N-dealkylation sites (tertiary alicyclic amines) is 2. The molecule has 0 spiro atoms. The summed E-state index contributed by atoms with van der Waals surface area (Å²) >= 11 is 1.76. The molecule has 0 aliphatic carbocycles. The van der Waals surface area contributed by atoms with Crippen molar-refractivity contribution in [2.45, 2.75) is 45.4 Å². The average molecular weight is 392 g/mol. The molecule has 148 valence electrons. The molecule has 0 unspecified atom stereocenters. The van der Waals surface area contributed by atoms with Crippen molar-refractivity contribution in [1.82, 2.24) is 15.1 Å². The van der Waals surface area contributed by atoms with Crippen LogP contribution < -0.4 is 5.32 Å². The Morgan fingerprint density at radius 3 is 2.67 bits per heavy atom. The lowest BCUT2D eigenvalue weighted by atomic mass is 9.96. The number of nitrogens with zero attached hydrogens (tertiary/aromatic N) is 2. The van der Waals surface area contributed by atoms with Gasteiger partial charge in [0.25, 0.3) is 0 Å². The van der Waals surface area contributed by atoms with Crippen LogP contribution in [0.4, 0.5) is 0 Å². The van der Waals surface area contributed by atoms with E-state index in [9.17, 15) is 14.4 Å². The first-order chi connectivity index (χ1) is 13.0. The molecule has 6 nitrogen and oxygen atoms in total. The van der Waals surface area contributed by atoms with Crippen LogP contribution in [-0.4, -0.2) is 60.2 Å². The normalized spacial score (nSPS) is 20.4. The molecule has 2 aliphatic rings. The van der Waals surface area contributed by atoms with E-state index in [0.717, 1.165) is 25.8 Å². The number of carbonyl (C=O) groups is 3. The van der Waals surface area contributed by atoms with E-state index in [2.05, 4.69) is 24.4 Å². The van der Waals surface area contributed by atoms with E-state index < -0.39 is 0 Å². The number of carbonyl (C=O) groups excluding carboxylic acids is 3. The van der Waals surface area contributed by atoms with Gasteiger partial charge in [0.15, 0.2) is 0 Å². The summed E-state index contributed by atoms with van der Waals surface area (Å²) in [4.78, 5) is 42.6. The molecule has 0 aromatic carbocycles. The quantitative estimate of drug-likeness (QED) is 0.737. The Hall–Kier alpha value is -1.89. The summed E-state index contributed by atoms with van der Waals surface area (Å²) in [6.07, 6.45) is 4.28. The van der Waals surface area contributed by atoms with Crippen molar-refractivity contribution >= 4 is 29.1 Å². The van der Waals surface area contributed by atoms with Crippen LogP contribution in [-0.2, 0) is 20.8 Å². The molecule has 0 radical (unpaired) electrons. The summed E-state index contributed by atoms with van der Waals surface area (Å²) < 4.78 is 0. The van der Waals surface area contributed by atoms with E-state index >= 15 is 0 Å². The maximum absolute atomic E-state index is 12.5. The topological polar surface area (TPSA) is 69.7 Å². The molecule has 1 aromatic heterocycles. The summed E-state index contributed by atoms with van der Waals surface area (Å²) in [6.45, 7) is 5.39. The van der Waals surface area contributed by atoms with Crippen molar-refractivity contribution < 1.29 is 14.4 Å². The Bertz CT molecular complexity index is 688. The van der Waals surface area contributed by atoms with Crippen LogP contribution in [0.5, 0.6) is 0 Å². The Balaban J connectivity index is 1.39. The van der Waals surface area contributed by atoms with Crippen LogP contribution in [0.15, 0.2) is 12.1 Å². The van der Waals surface area contributed by atoms with E-state index in [1.807, 2.05) is 4.90 Å². The van der Waals surface area contributed by atoms with Crippen molar-refractivity contribution in [3.63, 3.8) is 0 Å². The third kappa shape index (κ3) is 5.54. The number of rotatable bonds is 8. The highest BCUT2D eigenvalue weighted by Crippen LogP contribution is 2.19. The number of amides is 3. The minimum Gasteiger partial charge on any atom is -0.355 e. The number of hydrogen-bond acceptors (Lipinski definition) is 4. The van der Waals surface area contributed by atoms with Crippen LogP contribution in [0.3, 0.4) is 0 Å². The van der Waals surface area contributed by atoms with E-state index in [1.165, 1.54) is 9.75 Å². The maximum atomic E-state index is 12.5. The second kappa shape index (κ2) is 9.35. The van der Waals surface area contributed by atoms with Crippen LogP contribution in [0, 0.1) is 12.8 Å². The largest absolute Gasteiger partial charge is 0.355 e.